The van der Waals surface area contributed by atoms with Gasteiger partial charge in [0.05, 0.1) is 0 Å². The highest BCUT2D eigenvalue weighted by Crippen LogP contribution is 2.21. The second kappa shape index (κ2) is 6.29. The average Bonchev–Trinajstić information content (AvgIpc) is 2.48. The van der Waals surface area contributed by atoms with Crippen molar-refractivity contribution in [2.24, 2.45) is 0 Å². The SMILES string of the molecule is C#Cc1cccc(NC(=O)NC2(C(=O)O)CCOCC2)c1. The highest BCUT2D eigenvalue weighted by atomic mass is 16.5. The number of carboxylic acids is 1. The number of hydrogen-bond donors (Lipinski definition) is 3. The molecule has 1 heterocycles. The molecule has 0 radical (unpaired) electrons. The summed E-state index contributed by atoms with van der Waals surface area (Å²) in [4.78, 5) is 23.5. The zero-order chi connectivity index (χ0) is 15.3. The van der Waals surface area contributed by atoms with Crippen LogP contribution in [-0.4, -0.2) is 35.9 Å². The van der Waals surface area contributed by atoms with Crippen LogP contribution in [0.5, 0.6) is 0 Å². The molecular weight excluding hydrogens is 272 g/mol. The van der Waals surface area contributed by atoms with Crippen LogP contribution in [0.1, 0.15) is 18.4 Å². The highest BCUT2D eigenvalue weighted by Gasteiger charge is 2.41. The zero-order valence-electron chi connectivity index (χ0n) is 11.4. The Morgan fingerprint density at radius 2 is 2.05 bits per heavy atom. The van der Waals surface area contributed by atoms with E-state index < -0.39 is 17.5 Å². The van der Waals surface area contributed by atoms with Gasteiger partial charge in [0, 0.05) is 37.3 Å². The number of carboxylic acid groups (broad SMARTS) is 1. The van der Waals surface area contributed by atoms with E-state index in [0.29, 0.717) is 24.5 Å². The molecule has 1 aromatic rings. The van der Waals surface area contributed by atoms with Crippen LogP contribution in [0.25, 0.3) is 0 Å². The van der Waals surface area contributed by atoms with Gasteiger partial charge in [0.1, 0.15) is 5.54 Å². The number of urea groups is 1. The molecule has 1 aliphatic heterocycles. The Kier molecular flexibility index (Phi) is 4.45. The summed E-state index contributed by atoms with van der Waals surface area (Å²) in [6, 6.07) is 6.19. The lowest BCUT2D eigenvalue weighted by Crippen LogP contribution is -2.58. The van der Waals surface area contributed by atoms with Crippen LogP contribution in [0.15, 0.2) is 24.3 Å². The van der Waals surface area contributed by atoms with Gasteiger partial charge in [-0.2, -0.15) is 0 Å². The van der Waals surface area contributed by atoms with Gasteiger partial charge in [-0.3, -0.25) is 0 Å². The summed E-state index contributed by atoms with van der Waals surface area (Å²) in [5.41, 5.74) is -0.145. The first kappa shape index (κ1) is 14.9. The van der Waals surface area contributed by atoms with Gasteiger partial charge in [0.25, 0.3) is 0 Å². The number of carbonyl (C=O) groups excluding carboxylic acids is 1. The molecule has 0 saturated carbocycles. The van der Waals surface area contributed by atoms with E-state index in [1.54, 1.807) is 24.3 Å². The minimum atomic E-state index is -1.29. The van der Waals surface area contributed by atoms with Gasteiger partial charge < -0.3 is 20.5 Å². The molecule has 110 valence electrons. The number of hydrogen-bond acceptors (Lipinski definition) is 3. The molecule has 6 heteroatoms. The summed E-state index contributed by atoms with van der Waals surface area (Å²) in [5.74, 6) is 1.41. The van der Waals surface area contributed by atoms with Crippen molar-refractivity contribution in [2.45, 2.75) is 18.4 Å². The van der Waals surface area contributed by atoms with Gasteiger partial charge >= 0.3 is 12.0 Å². The van der Waals surface area contributed by atoms with Crippen LogP contribution in [0, 0.1) is 12.3 Å². The maximum Gasteiger partial charge on any atom is 0.329 e. The van der Waals surface area contributed by atoms with Crippen molar-refractivity contribution in [1.82, 2.24) is 5.32 Å². The van der Waals surface area contributed by atoms with Gasteiger partial charge in [-0.25, -0.2) is 9.59 Å². The Morgan fingerprint density at radius 1 is 1.33 bits per heavy atom. The molecule has 3 N–H and O–H groups in total. The lowest BCUT2D eigenvalue weighted by atomic mass is 9.90. The Labute approximate surface area is 122 Å². The van der Waals surface area contributed by atoms with Gasteiger partial charge in [-0.15, -0.1) is 6.42 Å². The fourth-order valence-electron chi connectivity index (χ4n) is 2.18. The van der Waals surface area contributed by atoms with Crippen molar-refractivity contribution in [2.75, 3.05) is 18.5 Å². The molecule has 0 aliphatic carbocycles. The number of nitrogens with one attached hydrogen (secondary N) is 2. The normalized spacial score (nSPS) is 16.5. The first-order valence-electron chi connectivity index (χ1n) is 6.53. The molecule has 0 spiro atoms. The lowest BCUT2D eigenvalue weighted by Gasteiger charge is -2.33. The van der Waals surface area contributed by atoms with Crippen molar-refractivity contribution < 1.29 is 19.4 Å². The topological polar surface area (TPSA) is 87.7 Å². The van der Waals surface area contributed by atoms with E-state index in [1.807, 2.05) is 0 Å². The zero-order valence-corrected chi connectivity index (χ0v) is 11.4. The van der Waals surface area contributed by atoms with Crippen LogP contribution in [0.3, 0.4) is 0 Å². The van der Waals surface area contributed by atoms with E-state index in [2.05, 4.69) is 16.6 Å². The van der Waals surface area contributed by atoms with Crippen LogP contribution in [0.4, 0.5) is 10.5 Å². The van der Waals surface area contributed by atoms with E-state index in [-0.39, 0.29) is 12.8 Å². The Balaban J connectivity index is 2.06. The average molecular weight is 288 g/mol. The Bertz CT molecular complexity index is 586. The molecule has 0 unspecified atom stereocenters. The molecule has 1 saturated heterocycles. The molecule has 2 amide bonds. The molecule has 6 nitrogen and oxygen atoms in total. The number of carbonyl (C=O) groups is 2. The quantitative estimate of drug-likeness (QED) is 0.734. The third kappa shape index (κ3) is 3.52. The maximum atomic E-state index is 12.0. The third-order valence-corrected chi connectivity index (χ3v) is 3.40. The number of terminal acetylenes is 1. The largest absolute Gasteiger partial charge is 0.480 e. The van der Waals surface area contributed by atoms with Gasteiger partial charge in [0.2, 0.25) is 0 Å². The van der Waals surface area contributed by atoms with Crippen LogP contribution in [-0.2, 0) is 9.53 Å². The summed E-state index contributed by atoms with van der Waals surface area (Å²) in [6.07, 6.45) is 5.76. The van der Waals surface area contributed by atoms with Gasteiger partial charge in [-0.1, -0.05) is 12.0 Å². The molecule has 0 atom stereocenters. The molecule has 0 bridgehead atoms. The molecular formula is C15H16N2O4. The molecule has 0 aromatic heterocycles. The summed E-state index contributed by atoms with van der Waals surface area (Å²) in [7, 11) is 0. The number of rotatable bonds is 3. The molecule has 1 fully saturated rings. The van der Waals surface area contributed by atoms with Crippen molar-refractivity contribution >= 4 is 17.7 Å². The maximum absolute atomic E-state index is 12.0. The van der Waals surface area contributed by atoms with Crippen LogP contribution in [0.2, 0.25) is 0 Å². The van der Waals surface area contributed by atoms with Crippen molar-refractivity contribution in [3.05, 3.63) is 29.8 Å². The monoisotopic (exact) mass is 288 g/mol. The van der Waals surface area contributed by atoms with Crippen LogP contribution < -0.4 is 10.6 Å². The van der Waals surface area contributed by atoms with E-state index in [1.165, 1.54) is 0 Å². The van der Waals surface area contributed by atoms with Crippen LogP contribution >= 0.6 is 0 Å². The lowest BCUT2D eigenvalue weighted by molar-refractivity contribution is -0.148. The minimum Gasteiger partial charge on any atom is -0.480 e. The predicted octanol–water partition coefficient (Wildman–Crippen LogP) is 1.42. The smallest absolute Gasteiger partial charge is 0.329 e. The highest BCUT2D eigenvalue weighted by molar-refractivity contribution is 5.94. The predicted molar refractivity (Wildman–Crippen MR) is 77.0 cm³/mol. The molecule has 1 aromatic carbocycles. The first-order valence-corrected chi connectivity index (χ1v) is 6.53. The standard InChI is InChI=1S/C15H16N2O4/c1-2-11-4-3-5-12(10-11)16-14(20)17-15(13(18)19)6-8-21-9-7-15/h1,3-5,10H,6-9H2,(H,18,19)(H2,16,17,20). The number of anilines is 1. The minimum absolute atomic E-state index is 0.236. The summed E-state index contributed by atoms with van der Waals surface area (Å²) in [6.45, 7) is 0.609. The Hall–Kier alpha value is -2.52. The molecule has 1 aliphatic rings. The first-order chi connectivity index (χ1) is 10.1. The second-order valence-electron chi connectivity index (χ2n) is 4.80. The summed E-state index contributed by atoms with van der Waals surface area (Å²) in [5, 5.41) is 14.5. The summed E-state index contributed by atoms with van der Waals surface area (Å²) < 4.78 is 5.15. The number of benzene rings is 1. The third-order valence-electron chi connectivity index (χ3n) is 3.40. The number of aliphatic carboxylic acids is 1. The fraction of sp³-hybridized carbons (Fsp3) is 0.333. The Morgan fingerprint density at radius 3 is 2.67 bits per heavy atom. The van der Waals surface area contributed by atoms with E-state index in [9.17, 15) is 14.7 Å². The van der Waals surface area contributed by atoms with E-state index >= 15 is 0 Å². The fourth-order valence-corrected chi connectivity index (χ4v) is 2.18. The number of amides is 2. The van der Waals surface area contributed by atoms with Crippen molar-refractivity contribution in [1.29, 1.82) is 0 Å². The molecule has 2 rings (SSSR count). The van der Waals surface area contributed by atoms with Gasteiger partial charge in [-0.05, 0) is 18.2 Å². The van der Waals surface area contributed by atoms with E-state index in [0.717, 1.165) is 0 Å². The van der Waals surface area contributed by atoms with Crippen molar-refractivity contribution in [3.8, 4) is 12.3 Å². The summed E-state index contributed by atoms with van der Waals surface area (Å²) >= 11 is 0. The number of ether oxygens (including phenoxy) is 1. The molecule has 21 heavy (non-hydrogen) atoms. The van der Waals surface area contributed by atoms with Gasteiger partial charge in [0.15, 0.2) is 0 Å². The van der Waals surface area contributed by atoms with E-state index in [4.69, 9.17) is 11.2 Å². The van der Waals surface area contributed by atoms with Crippen molar-refractivity contribution in [3.63, 3.8) is 0 Å². The second-order valence-corrected chi connectivity index (χ2v) is 4.80.